The third-order valence-electron chi connectivity index (χ3n) is 6.22. The van der Waals surface area contributed by atoms with Gasteiger partial charge in [-0.1, -0.05) is 13.5 Å². The minimum atomic E-state index is -0.312. The number of amides is 1. The zero-order valence-electron chi connectivity index (χ0n) is 21.5. The normalized spacial score (nSPS) is 13.2. The second-order valence-electron chi connectivity index (χ2n) is 8.50. The monoisotopic (exact) mass is 513 g/mol. The van der Waals surface area contributed by atoms with Crippen LogP contribution in [0.25, 0.3) is 0 Å². The molecule has 1 aliphatic heterocycles. The van der Waals surface area contributed by atoms with Gasteiger partial charge in [0.1, 0.15) is 11.9 Å². The van der Waals surface area contributed by atoms with Crippen molar-refractivity contribution in [2.24, 2.45) is 0 Å². The van der Waals surface area contributed by atoms with Crippen molar-refractivity contribution in [3.05, 3.63) is 67.0 Å². The molecule has 1 aliphatic rings. The van der Waals surface area contributed by atoms with E-state index in [0.717, 1.165) is 38.4 Å². The van der Waals surface area contributed by atoms with Gasteiger partial charge in [-0.05, 0) is 43.0 Å². The maximum Gasteiger partial charge on any atom is 0.247 e. The Hall–Kier alpha value is -4.82. The number of nitrogens with one attached hydrogen (secondary N) is 4. The number of likely N-dealkylation sites (N-methyl/N-ethyl adjacent to an activating group) is 1. The third-order valence-corrected chi connectivity index (χ3v) is 6.22. The van der Waals surface area contributed by atoms with Crippen molar-refractivity contribution in [1.82, 2.24) is 14.9 Å². The Kier molecular flexibility index (Phi) is 8.58. The van der Waals surface area contributed by atoms with E-state index in [1.54, 1.807) is 31.5 Å². The van der Waals surface area contributed by atoms with E-state index in [9.17, 15) is 10.1 Å². The number of rotatable bonds is 10. The van der Waals surface area contributed by atoms with E-state index < -0.39 is 0 Å². The van der Waals surface area contributed by atoms with Crippen LogP contribution in [0.3, 0.4) is 0 Å². The number of methoxy groups -OCH3 is 1. The number of nitriles is 1. The molecule has 1 fully saturated rings. The van der Waals surface area contributed by atoms with Gasteiger partial charge in [-0.2, -0.15) is 5.26 Å². The number of pyridine rings is 2. The molecule has 3 heterocycles. The highest BCUT2D eigenvalue weighted by Gasteiger charge is 2.18. The van der Waals surface area contributed by atoms with E-state index in [4.69, 9.17) is 4.74 Å². The molecule has 38 heavy (non-hydrogen) atoms. The first kappa shape index (κ1) is 26.2. The number of benzene rings is 1. The van der Waals surface area contributed by atoms with Gasteiger partial charge >= 0.3 is 0 Å². The van der Waals surface area contributed by atoms with Gasteiger partial charge in [-0.15, -0.1) is 0 Å². The van der Waals surface area contributed by atoms with Crippen LogP contribution in [0.4, 0.5) is 34.4 Å². The molecular weight excluding hydrogens is 482 g/mol. The highest BCUT2D eigenvalue weighted by Crippen LogP contribution is 2.30. The van der Waals surface area contributed by atoms with E-state index in [1.165, 1.54) is 12.3 Å². The summed E-state index contributed by atoms with van der Waals surface area (Å²) in [5.74, 6) is 1.15. The third kappa shape index (κ3) is 6.29. The maximum atomic E-state index is 12.2. The van der Waals surface area contributed by atoms with Crippen molar-refractivity contribution in [1.29, 1.82) is 5.26 Å². The van der Waals surface area contributed by atoms with Crippen LogP contribution in [0, 0.1) is 11.3 Å². The summed E-state index contributed by atoms with van der Waals surface area (Å²) in [5.41, 5.74) is 9.28. The number of aromatic nitrogens is 2. The van der Waals surface area contributed by atoms with Gasteiger partial charge in [0.2, 0.25) is 5.91 Å². The molecule has 0 bridgehead atoms. The average molecular weight is 514 g/mol. The molecule has 3 aromatic rings. The molecule has 0 unspecified atom stereocenters. The van der Waals surface area contributed by atoms with Crippen LogP contribution in [0.1, 0.15) is 12.5 Å². The first-order valence-electron chi connectivity index (χ1n) is 12.3. The summed E-state index contributed by atoms with van der Waals surface area (Å²) in [5, 5.41) is 15.6. The zero-order chi connectivity index (χ0) is 26.9. The number of carbonyl (C=O) groups excluding carboxylic acids is 1. The lowest BCUT2D eigenvalue weighted by Crippen LogP contribution is -2.46. The predicted molar refractivity (Wildman–Crippen MR) is 150 cm³/mol. The highest BCUT2D eigenvalue weighted by molar-refractivity contribution is 6.01. The predicted octanol–water partition coefficient (Wildman–Crippen LogP) is 3.81. The summed E-state index contributed by atoms with van der Waals surface area (Å²) in [7, 11) is 1.55. The molecule has 11 nitrogen and oxygen atoms in total. The van der Waals surface area contributed by atoms with Crippen LogP contribution in [-0.4, -0.2) is 60.6 Å². The van der Waals surface area contributed by atoms with Crippen LogP contribution >= 0.6 is 0 Å². The minimum Gasteiger partial charge on any atom is -0.493 e. The lowest BCUT2D eigenvalue weighted by molar-refractivity contribution is -0.111. The van der Waals surface area contributed by atoms with E-state index in [2.05, 4.69) is 60.8 Å². The Labute approximate surface area is 222 Å². The van der Waals surface area contributed by atoms with Crippen LogP contribution in [-0.2, 0) is 4.79 Å². The highest BCUT2D eigenvalue weighted by atomic mass is 16.5. The Morgan fingerprint density at radius 1 is 1.13 bits per heavy atom. The van der Waals surface area contributed by atoms with Crippen molar-refractivity contribution < 1.29 is 9.53 Å². The zero-order valence-corrected chi connectivity index (χ0v) is 21.5. The summed E-state index contributed by atoms with van der Waals surface area (Å²) in [6.45, 7) is 10.6. The molecule has 0 aliphatic carbocycles. The number of carbonyl (C=O) groups is 1. The lowest BCUT2D eigenvalue weighted by atomic mass is 10.2. The van der Waals surface area contributed by atoms with Gasteiger partial charge in [-0.25, -0.2) is 9.97 Å². The van der Waals surface area contributed by atoms with Gasteiger partial charge < -0.3 is 25.2 Å². The topological polar surface area (TPSA) is 130 Å². The smallest absolute Gasteiger partial charge is 0.247 e. The molecular formula is C27H31N9O2. The first-order chi connectivity index (χ1) is 18.5. The molecule has 0 radical (unpaired) electrons. The fraction of sp³-hybridized carbons (Fsp3) is 0.259. The van der Waals surface area contributed by atoms with E-state index in [-0.39, 0.29) is 5.91 Å². The summed E-state index contributed by atoms with van der Waals surface area (Å²) >= 11 is 0. The Balaban J connectivity index is 1.53. The molecule has 196 valence electrons. The molecule has 11 heteroatoms. The molecule has 0 spiro atoms. The summed E-state index contributed by atoms with van der Waals surface area (Å²) in [4.78, 5) is 25.5. The van der Waals surface area contributed by atoms with Crippen molar-refractivity contribution in [2.45, 2.75) is 6.92 Å². The summed E-state index contributed by atoms with van der Waals surface area (Å²) in [6, 6.07) is 13.2. The quantitative estimate of drug-likeness (QED) is 0.234. The number of nitrogens with zero attached hydrogens (tertiary/aromatic N) is 5. The van der Waals surface area contributed by atoms with Gasteiger partial charge in [-0.3, -0.25) is 15.6 Å². The SMILES string of the molecule is C=CC(=O)Nc1cc(N2CCN(CC)CC2)ccc1NNc1cc(Nc2ncccc2OC)c(C#N)cn1. The van der Waals surface area contributed by atoms with Gasteiger partial charge in [0.15, 0.2) is 11.6 Å². The molecule has 1 aromatic carbocycles. The molecule has 1 saturated heterocycles. The van der Waals surface area contributed by atoms with Crippen LogP contribution in [0.15, 0.2) is 61.4 Å². The van der Waals surface area contributed by atoms with Gasteiger partial charge in [0.25, 0.3) is 0 Å². The van der Waals surface area contributed by atoms with E-state index in [1.807, 2.05) is 18.2 Å². The van der Waals surface area contributed by atoms with Crippen LogP contribution < -0.4 is 31.1 Å². The average Bonchev–Trinajstić information content (AvgIpc) is 2.96. The molecule has 1 amide bonds. The van der Waals surface area contributed by atoms with Crippen molar-refractivity contribution in [2.75, 3.05) is 66.2 Å². The van der Waals surface area contributed by atoms with Crippen LogP contribution in [0.5, 0.6) is 5.75 Å². The van der Waals surface area contributed by atoms with Crippen molar-refractivity contribution >= 4 is 40.3 Å². The van der Waals surface area contributed by atoms with Gasteiger partial charge in [0.05, 0.1) is 29.7 Å². The second kappa shape index (κ2) is 12.4. The Morgan fingerprint density at radius 2 is 1.95 bits per heavy atom. The molecule has 4 N–H and O–H groups in total. The first-order valence-corrected chi connectivity index (χ1v) is 12.3. The lowest BCUT2D eigenvalue weighted by Gasteiger charge is -2.35. The van der Waals surface area contributed by atoms with Gasteiger partial charge in [0, 0.05) is 50.3 Å². The molecule has 0 atom stereocenters. The summed E-state index contributed by atoms with van der Waals surface area (Å²) < 4.78 is 5.35. The number of hydrogen-bond acceptors (Lipinski definition) is 10. The fourth-order valence-electron chi connectivity index (χ4n) is 4.07. The maximum absolute atomic E-state index is 12.2. The van der Waals surface area contributed by atoms with Crippen molar-refractivity contribution in [3.63, 3.8) is 0 Å². The largest absolute Gasteiger partial charge is 0.493 e. The minimum absolute atomic E-state index is 0.312. The Bertz CT molecular complexity index is 1330. The van der Waals surface area contributed by atoms with Crippen LogP contribution in [0.2, 0.25) is 0 Å². The fourth-order valence-corrected chi connectivity index (χ4v) is 4.07. The second-order valence-corrected chi connectivity index (χ2v) is 8.50. The Morgan fingerprint density at radius 3 is 2.66 bits per heavy atom. The molecule has 0 saturated carbocycles. The molecule has 4 rings (SSSR count). The number of hydrazine groups is 1. The number of piperazine rings is 1. The number of anilines is 6. The van der Waals surface area contributed by atoms with E-state index in [0.29, 0.717) is 40.0 Å². The van der Waals surface area contributed by atoms with E-state index >= 15 is 0 Å². The summed E-state index contributed by atoms with van der Waals surface area (Å²) in [6.07, 6.45) is 4.32. The molecule has 2 aromatic heterocycles. The number of ether oxygens (including phenoxy) is 1. The standard InChI is InChI=1S/C27H31N9O2/c1-4-26(37)31-23-15-20(36-13-11-35(5-2)12-14-36)8-9-21(23)33-34-25-16-22(19(17-28)18-30-25)32-27-24(38-3)7-6-10-29-27/h4,6-10,15-16,18,33H,1,5,11-14H2,2-3H3,(H,31,37)(H2,29,30,32,34). The van der Waals surface area contributed by atoms with Crippen molar-refractivity contribution in [3.8, 4) is 11.8 Å². The number of hydrogen-bond donors (Lipinski definition) is 4.